The highest BCUT2D eigenvalue weighted by Crippen LogP contribution is 2.59. The fraction of sp³-hybridized carbons (Fsp3) is 0. The predicted molar refractivity (Wildman–Crippen MR) is 59.2 cm³/mol. The second-order valence-electron chi connectivity index (χ2n) is 2.99. The molecule has 0 saturated carbocycles. The van der Waals surface area contributed by atoms with Crippen LogP contribution in [0.25, 0.3) is 0 Å². The van der Waals surface area contributed by atoms with Crippen molar-refractivity contribution in [3.8, 4) is 12.0 Å². The summed E-state index contributed by atoms with van der Waals surface area (Å²) in [5, 5.41) is 0. The summed E-state index contributed by atoms with van der Waals surface area (Å²) >= 11 is 0. The van der Waals surface area contributed by atoms with E-state index in [1.54, 1.807) is 0 Å². The van der Waals surface area contributed by atoms with Crippen molar-refractivity contribution in [3.63, 3.8) is 0 Å². The van der Waals surface area contributed by atoms with Crippen molar-refractivity contribution in [3.05, 3.63) is 24.8 Å². The Kier molecular flexibility index (Phi) is 3.74. The number of phosphoric acid groups is 2. The highest BCUT2D eigenvalue weighted by molar-refractivity contribution is 7.61. The molecule has 0 atom stereocenters. The molecule has 0 unspecified atom stereocenters. The Hall–Kier alpha value is -1.64. The smallest absolute Gasteiger partial charge is 0.360 e. The minimum Gasteiger partial charge on any atom is -0.360 e. The molecule has 11 nitrogen and oxygen atoms in total. The van der Waals surface area contributed by atoms with Crippen molar-refractivity contribution < 1.29 is 32.3 Å². The summed E-state index contributed by atoms with van der Waals surface area (Å²) in [6.07, 6.45) is 5.21. The van der Waals surface area contributed by atoms with Crippen molar-refractivity contribution in [2.75, 3.05) is 0 Å². The Morgan fingerprint density at radius 1 is 1.00 bits per heavy atom. The molecule has 0 aliphatic heterocycles. The minimum atomic E-state index is -5.12. The number of rotatable bonds is 6. The number of hydrogen-bond donors (Lipinski definition) is 4. The summed E-state index contributed by atoms with van der Waals surface area (Å²) in [5.74, 6) is 0. The summed E-state index contributed by atoms with van der Waals surface area (Å²) < 4.78 is 36.3. The molecule has 104 valence electrons. The molecule has 2 aromatic rings. The molecule has 0 aliphatic carbocycles. The highest BCUT2D eigenvalue weighted by Gasteiger charge is 2.40. The largest absolute Gasteiger partial charge is 0.601 e. The fourth-order valence-corrected chi connectivity index (χ4v) is 2.96. The lowest BCUT2D eigenvalue weighted by Gasteiger charge is -2.15. The van der Waals surface area contributed by atoms with Crippen LogP contribution < -0.4 is 9.05 Å². The van der Waals surface area contributed by atoms with Crippen molar-refractivity contribution in [1.29, 1.82) is 0 Å². The number of imidazole rings is 2. The molecule has 0 bridgehead atoms. The molecule has 0 aliphatic rings. The average molecular weight is 310 g/mol. The van der Waals surface area contributed by atoms with E-state index < -0.39 is 15.6 Å². The molecule has 0 aromatic carbocycles. The van der Waals surface area contributed by atoms with E-state index in [1.165, 1.54) is 24.8 Å². The number of aromatic nitrogens is 4. The van der Waals surface area contributed by atoms with Crippen LogP contribution in [0.2, 0.25) is 0 Å². The summed E-state index contributed by atoms with van der Waals surface area (Å²) in [7, 11) is -9.79. The second-order valence-corrected chi connectivity index (χ2v) is 5.88. The highest BCUT2D eigenvalue weighted by atomic mass is 31.3. The van der Waals surface area contributed by atoms with Gasteiger partial charge in [-0.05, 0) is 0 Å². The fourth-order valence-electron chi connectivity index (χ4n) is 0.995. The monoisotopic (exact) mass is 310 g/mol. The summed E-state index contributed by atoms with van der Waals surface area (Å²) in [6, 6.07) is -0.605. The van der Waals surface area contributed by atoms with E-state index >= 15 is 0 Å². The molecule has 2 rings (SSSR count). The molecule has 0 spiro atoms. The topological polar surface area (TPSA) is 160 Å². The number of nitrogens with zero attached hydrogens (tertiary/aromatic N) is 2. The van der Waals surface area contributed by atoms with Crippen LogP contribution in [-0.2, 0) is 13.4 Å². The summed E-state index contributed by atoms with van der Waals surface area (Å²) in [5.41, 5.74) is 0. The Morgan fingerprint density at radius 2 is 1.47 bits per heavy atom. The summed E-state index contributed by atoms with van der Waals surface area (Å²) in [4.78, 5) is 29.4. The number of H-pyrrole nitrogens is 2. The normalized spacial score (nSPS) is 12.3. The molecule has 0 amide bonds. The lowest BCUT2D eigenvalue weighted by Crippen LogP contribution is -2.05. The molecule has 0 saturated heterocycles. The second kappa shape index (κ2) is 5.16. The molecule has 13 heteroatoms. The van der Waals surface area contributed by atoms with E-state index in [4.69, 9.17) is 9.79 Å². The van der Waals surface area contributed by atoms with Gasteiger partial charge in [-0.3, -0.25) is 0 Å². The van der Waals surface area contributed by atoms with Crippen molar-refractivity contribution in [1.82, 2.24) is 19.9 Å². The molecule has 4 N–H and O–H groups in total. The maximum atomic E-state index is 12.1. The van der Waals surface area contributed by atoms with Gasteiger partial charge in [0.2, 0.25) is 0 Å². The van der Waals surface area contributed by atoms with Crippen LogP contribution in [0.5, 0.6) is 12.0 Å². The van der Waals surface area contributed by atoms with Gasteiger partial charge < -0.3 is 28.8 Å². The predicted octanol–water partition coefficient (Wildman–Crippen LogP) is 0.808. The van der Waals surface area contributed by atoms with E-state index in [2.05, 4.69) is 33.3 Å². The van der Waals surface area contributed by atoms with Gasteiger partial charge in [-0.15, -0.1) is 0 Å². The van der Waals surface area contributed by atoms with Gasteiger partial charge in [-0.2, -0.15) is 4.31 Å². The maximum absolute atomic E-state index is 12.1. The lowest BCUT2D eigenvalue weighted by atomic mass is 11.0. The van der Waals surface area contributed by atoms with Gasteiger partial charge in [-0.1, -0.05) is 0 Å². The van der Waals surface area contributed by atoms with Crippen LogP contribution in [0.3, 0.4) is 0 Å². The first-order valence-corrected chi connectivity index (χ1v) is 7.60. The van der Waals surface area contributed by atoms with Gasteiger partial charge >= 0.3 is 27.7 Å². The Labute approximate surface area is 105 Å². The van der Waals surface area contributed by atoms with Crippen LogP contribution in [-0.4, -0.2) is 29.7 Å². The first kappa shape index (κ1) is 13.8. The van der Waals surface area contributed by atoms with Crippen LogP contribution >= 0.6 is 15.6 Å². The summed E-state index contributed by atoms with van der Waals surface area (Å²) in [6.45, 7) is 0. The van der Waals surface area contributed by atoms with E-state index in [9.17, 15) is 9.13 Å². The van der Waals surface area contributed by atoms with Gasteiger partial charge in [0.1, 0.15) is 0 Å². The molecule has 19 heavy (non-hydrogen) atoms. The van der Waals surface area contributed by atoms with Gasteiger partial charge in [0, 0.05) is 24.8 Å². The number of aromatic amines is 2. The molecular weight excluding hydrogens is 302 g/mol. The van der Waals surface area contributed by atoms with Gasteiger partial charge in [0.25, 0.3) is 0 Å². The SMILES string of the molecule is O=P(O)(O)OP(=O)(Oc1ncc[nH]1)Oc1ncc[nH]1. The number of nitrogens with one attached hydrogen (secondary N) is 2. The average Bonchev–Trinajstić information content (AvgIpc) is 2.87. The Morgan fingerprint density at radius 3 is 1.79 bits per heavy atom. The Bertz CT molecular complexity index is 565. The molecule has 0 fully saturated rings. The molecule has 2 aromatic heterocycles. The third-order valence-electron chi connectivity index (χ3n) is 1.55. The molecule has 0 radical (unpaired) electrons. The van der Waals surface area contributed by atoms with Crippen LogP contribution in [0.15, 0.2) is 24.8 Å². The lowest BCUT2D eigenvalue weighted by molar-refractivity contribution is 0.228. The third kappa shape index (κ3) is 4.19. The maximum Gasteiger partial charge on any atom is 0.601 e. The van der Waals surface area contributed by atoms with Crippen LogP contribution in [0.1, 0.15) is 0 Å². The van der Waals surface area contributed by atoms with Gasteiger partial charge in [-0.25, -0.2) is 19.1 Å². The van der Waals surface area contributed by atoms with Gasteiger partial charge in [0.05, 0.1) is 0 Å². The van der Waals surface area contributed by atoms with E-state index in [-0.39, 0.29) is 12.0 Å². The van der Waals surface area contributed by atoms with Crippen molar-refractivity contribution >= 4 is 15.6 Å². The first-order valence-electron chi connectivity index (χ1n) is 4.61. The third-order valence-corrected chi connectivity index (χ3v) is 3.99. The van der Waals surface area contributed by atoms with Crippen molar-refractivity contribution in [2.45, 2.75) is 0 Å². The van der Waals surface area contributed by atoms with Crippen LogP contribution in [0, 0.1) is 0 Å². The first-order chi connectivity index (χ1) is 8.86. The zero-order valence-corrected chi connectivity index (χ0v) is 10.8. The quantitative estimate of drug-likeness (QED) is 0.566. The number of hydrogen-bond acceptors (Lipinski definition) is 7. The Balaban J connectivity index is 2.21. The van der Waals surface area contributed by atoms with Gasteiger partial charge in [0.15, 0.2) is 0 Å². The zero-order chi connectivity index (χ0) is 13.9. The van der Waals surface area contributed by atoms with E-state index in [1.807, 2.05) is 0 Å². The van der Waals surface area contributed by atoms with E-state index in [0.717, 1.165) is 0 Å². The van der Waals surface area contributed by atoms with Crippen LogP contribution in [0.4, 0.5) is 0 Å². The van der Waals surface area contributed by atoms with E-state index in [0.29, 0.717) is 0 Å². The van der Waals surface area contributed by atoms with Crippen molar-refractivity contribution in [2.24, 2.45) is 0 Å². The minimum absolute atomic E-state index is 0.302. The molecule has 2 heterocycles. The number of phosphoric ester groups is 1. The molecular formula is C6H8N4O7P2. The standard InChI is InChI=1S/C6H8N4O7P2/c11-18(12,13)17-19(14,15-5-7-1-2-8-5)16-6-9-3-4-10-6/h1-4H,(H,7,8)(H,9,10)(H2,11,12,13). The zero-order valence-electron chi connectivity index (χ0n) is 9.03.